The molecule has 1 spiro atoms. The fourth-order valence-electron chi connectivity index (χ4n) is 5.08. The van der Waals surface area contributed by atoms with Gasteiger partial charge in [0.2, 0.25) is 0 Å². The number of nitrogens with zero attached hydrogens (tertiary/aromatic N) is 3. The van der Waals surface area contributed by atoms with Gasteiger partial charge in [0.05, 0.1) is 11.6 Å². The number of piperidine rings is 1. The van der Waals surface area contributed by atoms with Gasteiger partial charge < -0.3 is 14.8 Å². The Morgan fingerprint density at radius 3 is 2.23 bits per heavy atom. The first-order chi connectivity index (χ1) is 16.9. The molecule has 5 rings (SSSR count). The number of aliphatic carboxylic acids is 2. The van der Waals surface area contributed by atoms with Crippen molar-refractivity contribution in [1.82, 2.24) is 14.5 Å². The molecule has 1 aromatic heterocycles. The lowest BCUT2D eigenvalue weighted by Crippen LogP contribution is -2.44. The van der Waals surface area contributed by atoms with Crippen molar-refractivity contribution < 1.29 is 19.8 Å². The van der Waals surface area contributed by atoms with Gasteiger partial charge in [0, 0.05) is 25.2 Å². The van der Waals surface area contributed by atoms with Gasteiger partial charge in [-0.1, -0.05) is 54.6 Å². The van der Waals surface area contributed by atoms with E-state index in [0.29, 0.717) is 12.2 Å². The summed E-state index contributed by atoms with van der Waals surface area (Å²) in [5.74, 6) is -1.27. The molecule has 0 saturated carbocycles. The minimum atomic E-state index is -1.26. The summed E-state index contributed by atoms with van der Waals surface area (Å²) in [4.78, 5) is 26.6. The van der Waals surface area contributed by atoms with Crippen molar-refractivity contribution in [3.8, 4) is 0 Å². The van der Waals surface area contributed by atoms with Crippen LogP contribution in [0.2, 0.25) is 0 Å². The van der Waals surface area contributed by atoms with Crippen LogP contribution in [0, 0.1) is 0 Å². The monoisotopic (exact) mass is 537 g/mol. The summed E-state index contributed by atoms with van der Waals surface area (Å²) in [6, 6.07) is 19.9. The van der Waals surface area contributed by atoms with E-state index in [1.54, 1.807) is 0 Å². The Hall–Kier alpha value is -3.23. The van der Waals surface area contributed by atoms with E-state index in [1.807, 2.05) is 6.20 Å². The zero-order valence-corrected chi connectivity index (χ0v) is 20.9. The molecular weight excluding hydrogens is 510 g/mol. The second-order valence-corrected chi connectivity index (χ2v) is 9.63. The highest BCUT2D eigenvalue weighted by molar-refractivity contribution is 9.10. The van der Waals surface area contributed by atoms with E-state index in [0.717, 1.165) is 50.0 Å². The second kappa shape index (κ2) is 11.0. The van der Waals surface area contributed by atoms with Crippen molar-refractivity contribution in [3.63, 3.8) is 0 Å². The fraction of sp³-hybridized carbons (Fsp3) is 0.296. The van der Waals surface area contributed by atoms with E-state index in [4.69, 9.17) is 15.2 Å². The fourth-order valence-corrected chi connectivity index (χ4v) is 5.53. The minimum Gasteiger partial charge on any atom is -0.478 e. The third-order valence-electron chi connectivity index (χ3n) is 6.70. The number of carboxylic acids is 2. The molecule has 1 saturated heterocycles. The van der Waals surface area contributed by atoms with Crippen LogP contribution in [0.25, 0.3) is 0 Å². The topological polar surface area (TPSA) is 95.7 Å². The lowest BCUT2D eigenvalue weighted by molar-refractivity contribution is -0.134. The largest absolute Gasteiger partial charge is 0.478 e. The summed E-state index contributed by atoms with van der Waals surface area (Å²) < 4.78 is 3.50. The number of carbonyl (C=O) groups is 2. The van der Waals surface area contributed by atoms with E-state index in [2.05, 4.69) is 80.0 Å². The predicted molar refractivity (Wildman–Crippen MR) is 136 cm³/mol. The van der Waals surface area contributed by atoms with Crippen LogP contribution in [-0.2, 0) is 34.5 Å². The third-order valence-corrected chi connectivity index (χ3v) is 7.33. The van der Waals surface area contributed by atoms with Crippen molar-refractivity contribution in [2.45, 2.75) is 37.8 Å². The SMILES string of the molecule is Brc1cnc2n1CCc1ccccc1C21CCN(Cc2ccccc2)CC1.O=C(O)/C=C/C(=O)O. The smallest absolute Gasteiger partial charge is 0.328 e. The van der Waals surface area contributed by atoms with Crippen LogP contribution >= 0.6 is 15.9 Å². The van der Waals surface area contributed by atoms with Gasteiger partial charge in [-0.3, -0.25) is 4.90 Å². The average Bonchev–Trinajstić information content (AvgIpc) is 3.18. The molecular formula is C27H28BrN3O4. The number of carboxylic acid groups (broad SMARTS) is 2. The van der Waals surface area contributed by atoms with Crippen LogP contribution in [0.5, 0.6) is 0 Å². The Morgan fingerprint density at radius 1 is 0.943 bits per heavy atom. The highest BCUT2D eigenvalue weighted by Crippen LogP contribution is 2.45. The van der Waals surface area contributed by atoms with Gasteiger partial charge in [0.15, 0.2) is 0 Å². The Kier molecular flexibility index (Phi) is 7.83. The molecule has 2 aliphatic rings. The molecule has 0 radical (unpaired) electrons. The van der Waals surface area contributed by atoms with E-state index in [1.165, 1.54) is 22.5 Å². The van der Waals surface area contributed by atoms with E-state index >= 15 is 0 Å². The average molecular weight is 538 g/mol. The molecule has 3 heterocycles. The van der Waals surface area contributed by atoms with E-state index < -0.39 is 11.9 Å². The lowest BCUT2D eigenvalue weighted by atomic mass is 9.70. The van der Waals surface area contributed by atoms with Gasteiger partial charge in [-0.15, -0.1) is 0 Å². The maximum absolute atomic E-state index is 9.55. The van der Waals surface area contributed by atoms with Gasteiger partial charge in [0.1, 0.15) is 10.4 Å². The minimum absolute atomic E-state index is 0.0340. The summed E-state index contributed by atoms with van der Waals surface area (Å²) >= 11 is 3.73. The standard InChI is InChI=1S/C23H24BrN3.C4H4O4/c24-21-16-25-22-23(20-9-5-4-8-19(20)10-13-27(21)22)11-14-26(15-12-23)17-18-6-2-1-3-7-18;5-3(6)1-2-4(7)8/h1-9,16H,10-15,17H2;1-2H,(H,5,6)(H,7,8)/b;2-1+. The Morgan fingerprint density at radius 2 is 1.57 bits per heavy atom. The number of rotatable bonds is 4. The molecule has 2 aromatic carbocycles. The summed E-state index contributed by atoms with van der Waals surface area (Å²) in [6.45, 7) is 4.25. The maximum Gasteiger partial charge on any atom is 0.328 e. The van der Waals surface area contributed by atoms with Gasteiger partial charge in [-0.25, -0.2) is 14.6 Å². The summed E-state index contributed by atoms with van der Waals surface area (Å²) in [5.41, 5.74) is 4.43. The maximum atomic E-state index is 9.55. The number of aromatic nitrogens is 2. The number of imidazole rings is 1. The molecule has 2 N–H and O–H groups in total. The Balaban J connectivity index is 0.000000314. The number of aryl methyl sites for hydroxylation is 1. The van der Waals surface area contributed by atoms with Crippen LogP contribution < -0.4 is 0 Å². The number of fused-ring (bicyclic) bond motifs is 4. The molecule has 182 valence electrons. The van der Waals surface area contributed by atoms with E-state index in [9.17, 15) is 9.59 Å². The van der Waals surface area contributed by atoms with Crippen LogP contribution in [0.1, 0.15) is 35.4 Å². The second-order valence-electron chi connectivity index (χ2n) is 8.82. The molecule has 7 nitrogen and oxygen atoms in total. The zero-order chi connectivity index (χ0) is 24.8. The van der Waals surface area contributed by atoms with Crippen LogP contribution in [0.15, 0.2) is 77.5 Å². The first kappa shape index (κ1) is 24.9. The number of halogens is 1. The Labute approximate surface area is 212 Å². The van der Waals surface area contributed by atoms with Gasteiger partial charge >= 0.3 is 11.9 Å². The number of hydrogen-bond donors (Lipinski definition) is 2. The molecule has 3 aromatic rings. The van der Waals surface area contributed by atoms with Crippen molar-refractivity contribution in [3.05, 3.63) is 100 Å². The number of likely N-dealkylation sites (tertiary alicyclic amines) is 1. The molecule has 0 bridgehead atoms. The summed E-state index contributed by atoms with van der Waals surface area (Å²) in [6.07, 6.45) is 6.43. The molecule has 0 atom stereocenters. The van der Waals surface area contributed by atoms with Gasteiger partial charge in [0.25, 0.3) is 0 Å². The molecule has 8 heteroatoms. The zero-order valence-electron chi connectivity index (χ0n) is 19.3. The van der Waals surface area contributed by atoms with Crippen LogP contribution in [0.3, 0.4) is 0 Å². The van der Waals surface area contributed by atoms with Crippen molar-refractivity contribution in [1.29, 1.82) is 0 Å². The molecule has 0 unspecified atom stereocenters. The molecule has 0 amide bonds. The van der Waals surface area contributed by atoms with Crippen molar-refractivity contribution in [2.24, 2.45) is 0 Å². The third kappa shape index (κ3) is 5.71. The highest BCUT2D eigenvalue weighted by Gasteiger charge is 2.43. The molecule has 2 aliphatic heterocycles. The molecule has 0 aliphatic carbocycles. The predicted octanol–water partition coefficient (Wildman–Crippen LogP) is 4.50. The quantitative estimate of drug-likeness (QED) is 0.476. The lowest BCUT2D eigenvalue weighted by Gasteiger charge is -2.42. The highest BCUT2D eigenvalue weighted by atomic mass is 79.9. The molecule has 1 fully saturated rings. The number of benzene rings is 2. The summed E-state index contributed by atoms with van der Waals surface area (Å²) in [7, 11) is 0. The van der Waals surface area contributed by atoms with Crippen LogP contribution in [-0.4, -0.2) is 49.7 Å². The Bertz CT molecular complexity index is 1200. The first-order valence-corrected chi connectivity index (χ1v) is 12.4. The normalized spacial score (nSPS) is 16.6. The summed E-state index contributed by atoms with van der Waals surface area (Å²) in [5, 5.41) is 15.6. The van der Waals surface area contributed by atoms with Gasteiger partial charge in [-0.2, -0.15) is 0 Å². The molecule has 35 heavy (non-hydrogen) atoms. The van der Waals surface area contributed by atoms with Crippen molar-refractivity contribution in [2.75, 3.05) is 13.1 Å². The van der Waals surface area contributed by atoms with Gasteiger partial charge in [-0.05, 0) is 65.0 Å². The first-order valence-electron chi connectivity index (χ1n) is 11.6. The van der Waals surface area contributed by atoms with E-state index in [-0.39, 0.29) is 5.41 Å². The van der Waals surface area contributed by atoms with Crippen molar-refractivity contribution >= 4 is 27.9 Å². The number of hydrogen-bond acceptors (Lipinski definition) is 4. The van der Waals surface area contributed by atoms with Crippen LogP contribution in [0.4, 0.5) is 0 Å².